The number of H-pyrrole nitrogens is 1. The van der Waals surface area contributed by atoms with E-state index in [4.69, 9.17) is 10.5 Å². The number of hydrogen-bond donors (Lipinski definition) is 2. The standard InChI is InChI=1S/C11H12N2O2/c1-7(12)15-11(14)10-6-8-4-2-3-5-9(8)13-10/h2-7,13H,12H2,1H3. The van der Waals surface area contributed by atoms with Gasteiger partial charge in [-0.25, -0.2) is 4.79 Å². The first-order valence-electron chi connectivity index (χ1n) is 4.71. The van der Waals surface area contributed by atoms with Gasteiger partial charge in [-0.2, -0.15) is 0 Å². The molecule has 0 amide bonds. The van der Waals surface area contributed by atoms with Crippen LogP contribution in [0.15, 0.2) is 30.3 Å². The van der Waals surface area contributed by atoms with Crippen molar-refractivity contribution in [2.24, 2.45) is 5.73 Å². The highest BCUT2D eigenvalue weighted by molar-refractivity contribution is 5.94. The van der Waals surface area contributed by atoms with Crippen molar-refractivity contribution in [2.45, 2.75) is 13.2 Å². The van der Waals surface area contributed by atoms with Crippen LogP contribution in [-0.4, -0.2) is 17.2 Å². The summed E-state index contributed by atoms with van der Waals surface area (Å²) in [6.45, 7) is 1.61. The molecule has 1 aromatic carbocycles. The first-order valence-corrected chi connectivity index (χ1v) is 4.71. The zero-order valence-electron chi connectivity index (χ0n) is 8.36. The molecule has 3 N–H and O–H groups in total. The maximum atomic E-state index is 11.5. The second-order valence-electron chi connectivity index (χ2n) is 3.38. The number of carbonyl (C=O) groups is 1. The highest BCUT2D eigenvalue weighted by Gasteiger charge is 2.11. The molecule has 78 valence electrons. The van der Waals surface area contributed by atoms with E-state index in [1.165, 1.54) is 0 Å². The number of benzene rings is 1. The second kappa shape index (κ2) is 3.74. The molecule has 0 bridgehead atoms. The molecule has 0 saturated heterocycles. The maximum Gasteiger partial charge on any atom is 0.356 e. The summed E-state index contributed by atoms with van der Waals surface area (Å²) in [6.07, 6.45) is -0.594. The number of aromatic amines is 1. The van der Waals surface area contributed by atoms with E-state index in [0.29, 0.717) is 5.69 Å². The van der Waals surface area contributed by atoms with Crippen molar-refractivity contribution in [3.05, 3.63) is 36.0 Å². The smallest absolute Gasteiger partial charge is 0.356 e. The molecule has 1 unspecified atom stereocenters. The van der Waals surface area contributed by atoms with Gasteiger partial charge in [0.2, 0.25) is 0 Å². The lowest BCUT2D eigenvalue weighted by Gasteiger charge is -2.05. The minimum atomic E-state index is -0.594. The van der Waals surface area contributed by atoms with Gasteiger partial charge in [-0.1, -0.05) is 18.2 Å². The van der Waals surface area contributed by atoms with Crippen molar-refractivity contribution >= 4 is 16.9 Å². The lowest BCUT2D eigenvalue weighted by atomic mass is 10.2. The summed E-state index contributed by atoms with van der Waals surface area (Å²) < 4.78 is 4.87. The third kappa shape index (κ3) is 1.99. The Balaban J connectivity index is 2.32. The second-order valence-corrected chi connectivity index (χ2v) is 3.38. The van der Waals surface area contributed by atoms with Crippen molar-refractivity contribution in [1.82, 2.24) is 4.98 Å². The fraction of sp³-hybridized carbons (Fsp3) is 0.182. The third-order valence-corrected chi connectivity index (χ3v) is 2.04. The van der Waals surface area contributed by atoms with Gasteiger partial charge in [-0.3, -0.25) is 5.73 Å². The highest BCUT2D eigenvalue weighted by Crippen LogP contribution is 2.15. The molecule has 1 atom stereocenters. The Morgan fingerprint density at radius 2 is 2.20 bits per heavy atom. The minimum absolute atomic E-state index is 0.425. The fourth-order valence-corrected chi connectivity index (χ4v) is 1.42. The van der Waals surface area contributed by atoms with Crippen LogP contribution < -0.4 is 5.73 Å². The SMILES string of the molecule is CC(N)OC(=O)c1cc2ccccc2[nH]1. The fourth-order valence-electron chi connectivity index (χ4n) is 1.42. The molecule has 2 aromatic rings. The largest absolute Gasteiger partial charge is 0.442 e. The average Bonchev–Trinajstić information content (AvgIpc) is 2.59. The number of aromatic nitrogens is 1. The Hall–Kier alpha value is -1.81. The van der Waals surface area contributed by atoms with E-state index in [2.05, 4.69) is 4.98 Å². The summed E-state index contributed by atoms with van der Waals surface area (Å²) >= 11 is 0. The molecule has 2 rings (SSSR count). The van der Waals surface area contributed by atoms with Gasteiger partial charge in [0.1, 0.15) is 11.9 Å². The van der Waals surface area contributed by atoms with Crippen LogP contribution in [0.5, 0.6) is 0 Å². The zero-order chi connectivity index (χ0) is 10.8. The van der Waals surface area contributed by atoms with Gasteiger partial charge in [0, 0.05) is 10.9 Å². The zero-order valence-corrected chi connectivity index (χ0v) is 8.36. The third-order valence-electron chi connectivity index (χ3n) is 2.04. The first kappa shape index (κ1) is 9.73. The van der Waals surface area contributed by atoms with Gasteiger partial charge in [0.15, 0.2) is 0 Å². The molecule has 0 aliphatic heterocycles. The molecule has 1 aromatic heterocycles. The number of esters is 1. The van der Waals surface area contributed by atoms with Crippen LogP contribution in [0.4, 0.5) is 0 Å². The Labute approximate surface area is 87.0 Å². The van der Waals surface area contributed by atoms with E-state index in [0.717, 1.165) is 10.9 Å². The summed E-state index contributed by atoms with van der Waals surface area (Å²) in [7, 11) is 0. The first-order chi connectivity index (χ1) is 7.16. The van der Waals surface area contributed by atoms with E-state index >= 15 is 0 Å². The van der Waals surface area contributed by atoms with Crippen molar-refractivity contribution in [3.8, 4) is 0 Å². The molecule has 0 saturated carbocycles. The van der Waals surface area contributed by atoms with E-state index in [1.807, 2.05) is 24.3 Å². The normalized spacial score (nSPS) is 12.7. The quantitative estimate of drug-likeness (QED) is 0.577. The monoisotopic (exact) mass is 204 g/mol. The molecule has 4 nitrogen and oxygen atoms in total. The van der Waals surface area contributed by atoms with E-state index in [1.54, 1.807) is 13.0 Å². The van der Waals surface area contributed by atoms with Gasteiger partial charge in [0.05, 0.1) is 0 Å². The highest BCUT2D eigenvalue weighted by atomic mass is 16.6. The molecule has 1 heterocycles. The molecule has 15 heavy (non-hydrogen) atoms. The molecule has 0 fully saturated rings. The van der Waals surface area contributed by atoms with Crippen molar-refractivity contribution < 1.29 is 9.53 Å². The molecule has 0 radical (unpaired) electrons. The van der Waals surface area contributed by atoms with Gasteiger partial charge in [-0.05, 0) is 19.1 Å². The van der Waals surface area contributed by atoms with Crippen molar-refractivity contribution in [3.63, 3.8) is 0 Å². The molecular formula is C11H12N2O2. The predicted molar refractivity (Wildman–Crippen MR) is 57.4 cm³/mol. The Kier molecular flexibility index (Phi) is 2.43. The Morgan fingerprint density at radius 3 is 2.87 bits per heavy atom. The summed E-state index contributed by atoms with van der Waals surface area (Å²) in [5.41, 5.74) is 6.70. The summed E-state index contributed by atoms with van der Waals surface area (Å²) in [4.78, 5) is 14.5. The maximum absolute atomic E-state index is 11.5. The van der Waals surface area contributed by atoms with Gasteiger partial charge in [-0.15, -0.1) is 0 Å². The number of para-hydroxylation sites is 1. The van der Waals surface area contributed by atoms with Crippen LogP contribution in [0.1, 0.15) is 17.4 Å². The Bertz CT molecular complexity index is 455. The molecular weight excluding hydrogens is 192 g/mol. The van der Waals surface area contributed by atoms with Crippen molar-refractivity contribution in [2.75, 3.05) is 0 Å². The number of carbonyl (C=O) groups excluding carboxylic acids is 1. The van der Waals surface area contributed by atoms with Crippen LogP contribution >= 0.6 is 0 Å². The van der Waals surface area contributed by atoms with Crippen LogP contribution in [0.3, 0.4) is 0 Å². The number of nitrogens with two attached hydrogens (primary N) is 1. The lowest BCUT2D eigenvalue weighted by molar-refractivity contribution is 0.0349. The molecule has 0 spiro atoms. The van der Waals surface area contributed by atoms with Gasteiger partial charge < -0.3 is 9.72 Å². The van der Waals surface area contributed by atoms with Gasteiger partial charge >= 0.3 is 5.97 Å². The number of ether oxygens (including phenoxy) is 1. The van der Waals surface area contributed by atoms with Crippen molar-refractivity contribution in [1.29, 1.82) is 0 Å². The average molecular weight is 204 g/mol. The Morgan fingerprint density at radius 1 is 1.47 bits per heavy atom. The lowest BCUT2D eigenvalue weighted by Crippen LogP contribution is -2.23. The number of fused-ring (bicyclic) bond motifs is 1. The molecule has 0 aliphatic carbocycles. The van der Waals surface area contributed by atoms with Crippen LogP contribution in [0, 0.1) is 0 Å². The van der Waals surface area contributed by atoms with E-state index < -0.39 is 12.2 Å². The number of nitrogens with one attached hydrogen (secondary N) is 1. The molecule has 4 heteroatoms. The number of rotatable bonds is 2. The summed E-state index contributed by atoms with van der Waals surface area (Å²) in [5.74, 6) is -0.429. The van der Waals surface area contributed by atoms with Crippen LogP contribution in [0.2, 0.25) is 0 Å². The number of hydrogen-bond acceptors (Lipinski definition) is 3. The van der Waals surface area contributed by atoms with E-state index in [9.17, 15) is 4.79 Å². The summed E-state index contributed by atoms with van der Waals surface area (Å²) in [5, 5.41) is 0.981. The summed E-state index contributed by atoms with van der Waals surface area (Å²) in [6, 6.07) is 9.39. The van der Waals surface area contributed by atoms with Crippen LogP contribution in [-0.2, 0) is 4.74 Å². The topological polar surface area (TPSA) is 68.1 Å². The minimum Gasteiger partial charge on any atom is -0.442 e. The predicted octanol–water partition coefficient (Wildman–Crippen LogP) is 1.63. The van der Waals surface area contributed by atoms with E-state index in [-0.39, 0.29) is 0 Å². The van der Waals surface area contributed by atoms with Gasteiger partial charge in [0.25, 0.3) is 0 Å². The molecule has 0 aliphatic rings. The van der Waals surface area contributed by atoms with Crippen LogP contribution in [0.25, 0.3) is 10.9 Å².